The fourth-order valence-corrected chi connectivity index (χ4v) is 5.12. The smallest absolute Gasteiger partial charge is 0.0771 e. The van der Waals surface area contributed by atoms with Crippen LogP contribution < -0.4 is 5.32 Å². The van der Waals surface area contributed by atoms with Gasteiger partial charge in [0.1, 0.15) is 0 Å². The average molecular weight is 296 g/mol. The summed E-state index contributed by atoms with van der Waals surface area (Å²) in [5.74, 6) is 0.845. The zero-order chi connectivity index (χ0) is 15.7. The molecular weight excluding hydrogens is 258 g/mol. The molecule has 0 unspecified atom stereocenters. The van der Waals surface area contributed by atoms with E-state index in [-0.39, 0.29) is 0 Å². The first-order valence-corrected chi connectivity index (χ1v) is 9.09. The van der Waals surface area contributed by atoms with E-state index < -0.39 is 5.60 Å². The van der Waals surface area contributed by atoms with Crippen molar-refractivity contribution in [3.63, 3.8) is 0 Å². The lowest BCUT2D eigenvalue weighted by molar-refractivity contribution is -0.0167. The van der Waals surface area contributed by atoms with E-state index in [1.807, 2.05) is 0 Å². The van der Waals surface area contributed by atoms with Crippen molar-refractivity contribution in [2.75, 3.05) is 6.54 Å². The van der Waals surface area contributed by atoms with Crippen LogP contribution in [0.4, 0.5) is 0 Å². The minimum absolute atomic E-state index is 0.419. The Labute approximate surface area is 132 Å². The van der Waals surface area contributed by atoms with E-state index in [0.717, 1.165) is 25.3 Å². The SMILES string of the molecule is CCC1CCC(O)(CNC2CC(C)(C)CC(C)(C)C2)CC1. The molecule has 0 atom stereocenters. The van der Waals surface area contributed by atoms with Crippen molar-refractivity contribution in [3.05, 3.63) is 0 Å². The van der Waals surface area contributed by atoms with Crippen LogP contribution in [-0.4, -0.2) is 23.3 Å². The number of aliphatic hydroxyl groups is 1. The predicted octanol–water partition coefficient (Wildman–Crippen LogP) is 4.51. The van der Waals surface area contributed by atoms with Crippen LogP contribution in [0.15, 0.2) is 0 Å². The van der Waals surface area contributed by atoms with Crippen LogP contribution in [0.2, 0.25) is 0 Å². The summed E-state index contributed by atoms with van der Waals surface area (Å²) < 4.78 is 0. The highest BCUT2D eigenvalue weighted by atomic mass is 16.3. The highest BCUT2D eigenvalue weighted by Crippen LogP contribution is 2.45. The molecule has 0 saturated heterocycles. The van der Waals surface area contributed by atoms with Crippen molar-refractivity contribution in [1.82, 2.24) is 5.32 Å². The van der Waals surface area contributed by atoms with E-state index in [1.165, 1.54) is 38.5 Å². The molecule has 2 aliphatic carbocycles. The van der Waals surface area contributed by atoms with E-state index in [2.05, 4.69) is 39.9 Å². The van der Waals surface area contributed by atoms with E-state index in [4.69, 9.17) is 0 Å². The highest BCUT2D eigenvalue weighted by Gasteiger charge is 2.39. The van der Waals surface area contributed by atoms with Gasteiger partial charge in [-0.05, 0) is 61.7 Å². The Morgan fingerprint density at radius 3 is 2.00 bits per heavy atom. The lowest BCUT2D eigenvalue weighted by Crippen LogP contribution is -2.50. The van der Waals surface area contributed by atoms with Gasteiger partial charge in [-0.25, -0.2) is 0 Å². The lowest BCUT2D eigenvalue weighted by atomic mass is 9.63. The maximum Gasteiger partial charge on any atom is 0.0771 e. The van der Waals surface area contributed by atoms with Gasteiger partial charge in [0.15, 0.2) is 0 Å². The summed E-state index contributed by atoms with van der Waals surface area (Å²) in [5.41, 5.74) is 0.390. The fourth-order valence-electron chi connectivity index (χ4n) is 5.12. The van der Waals surface area contributed by atoms with Crippen LogP contribution in [0.25, 0.3) is 0 Å². The summed E-state index contributed by atoms with van der Waals surface area (Å²) in [5, 5.41) is 14.5. The standard InChI is InChI=1S/C19H37NO/c1-6-15-7-9-19(21,10-8-15)14-20-16-11-17(2,3)13-18(4,5)12-16/h15-16,20-21H,6-14H2,1-5H3. The fraction of sp³-hybridized carbons (Fsp3) is 1.00. The molecule has 0 aromatic carbocycles. The molecule has 0 radical (unpaired) electrons. The molecule has 124 valence electrons. The molecule has 0 spiro atoms. The first-order valence-electron chi connectivity index (χ1n) is 9.09. The second-order valence-corrected chi connectivity index (χ2v) is 9.57. The molecule has 0 aromatic rings. The number of rotatable bonds is 4. The molecule has 0 bridgehead atoms. The molecule has 2 N–H and O–H groups in total. The lowest BCUT2D eigenvalue weighted by Gasteiger charge is -2.46. The average Bonchev–Trinajstić information content (AvgIpc) is 2.34. The second-order valence-electron chi connectivity index (χ2n) is 9.57. The van der Waals surface area contributed by atoms with Gasteiger partial charge >= 0.3 is 0 Å². The molecule has 2 saturated carbocycles. The first-order chi connectivity index (χ1) is 9.63. The summed E-state index contributed by atoms with van der Waals surface area (Å²) in [6, 6.07) is 0.566. The quantitative estimate of drug-likeness (QED) is 0.799. The van der Waals surface area contributed by atoms with Crippen LogP contribution in [0.5, 0.6) is 0 Å². The van der Waals surface area contributed by atoms with E-state index >= 15 is 0 Å². The zero-order valence-corrected chi connectivity index (χ0v) is 15.0. The van der Waals surface area contributed by atoms with Gasteiger partial charge in [-0.3, -0.25) is 0 Å². The van der Waals surface area contributed by atoms with Gasteiger partial charge in [-0.1, -0.05) is 41.0 Å². The van der Waals surface area contributed by atoms with Gasteiger partial charge in [0.05, 0.1) is 5.60 Å². The molecule has 2 rings (SSSR count). The number of hydrogen-bond donors (Lipinski definition) is 2. The zero-order valence-electron chi connectivity index (χ0n) is 15.0. The third-order valence-corrected chi connectivity index (χ3v) is 5.89. The molecule has 2 aliphatic rings. The van der Waals surface area contributed by atoms with Crippen molar-refractivity contribution in [2.45, 2.75) is 97.6 Å². The Balaban J connectivity index is 1.85. The van der Waals surface area contributed by atoms with Crippen molar-refractivity contribution >= 4 is 0 Å². The molecule has 0 aliphatic heterocycles. The Morgan fingerprint density at radius 2 is 1.52 bits per heavy atom. The molecule has 21 heavy (non-hydrogen) atoms. The Hall–Kier alpha value is -0.0800. The van der Waals surface area contributed by atoms with Crippen LogP contribution in [-0.2, 0) is 0 Å². The third-order valence-electron chi connectivity index (χ3n) is 5.89. The van der Waals surface area contributed by atoms with E-state index in [0.29, 0.717) is 16.9 Å². The monoisotopic (exact) mass is 295 g/mol. The Morgan fingerprint density at radius 1 is 1.00 bits per heavy atom. The van der Waals surface area contributed by atoms with Crippen LogP contribution in [0.1, 0.15) is 86.0 Å². The van der Waals surface area contributed by atoms with Gasteiger partial charge in [0.2, 0.25) is 0 Å². The van der Waals surface area contributed by atoms with Crippen LogP contribution in [0, 0.1) is 16.7 Å². The normalized spacial score (nSPS) is 36.6. The number of nitrogens with one attached hydrogen (secondary N) is 1. The molecule has 0 amide bonds. The van der Waals surface area contributed by atoms with Gasteiger partial charge in [-0.15, -0.1) is 0 Å². The second kappa shape index (κ2) is 6.20. The van der Waals surface area contributed by atoms with Crippen molar-refractivity contribution < 1.29 is 5.11 Å². The summed E-state index contributed by atoms with van der Waals surface area (Å²) in [6.07, 6.45) is 9.44. The maximum absolute atomic E-state index is 10.8. The highest BCUT2D eigenvalue weighted by molar-refractivity contribution is 4.94. The van der Waals surface area contributed by atoms with Crippen LogP contribution >= 0.6 is 0 Å². The number of hydrogen-bond acceptors (Lipinski definition) is 2. The van der Waals surface area contributed by atoms with Crippen molar-refractivity contribution in [2.24, 2.45) is 16.7 Å². The summed E-state index contributed by atoms with van der Waals surface area (Å²) >= 11 is 0. The summed E-state index contributed by atoms with van der Waals surface area (Å²) in [6.45, 7) is 12.6. The van der Waals surface area contributed by atoms with Gasteiger partial charge in [-0.2, -0.15) is 0 Å². The van der Waals surface area contributed by atoms with E-state index in [9.17, 15) is 5.11 Å². The summed E-state index contributed by atoms with van der Waals surface area (Å²) in [4.78, 5) is 0. The van der Waals surface area contributed by atoms with Crippen molar-refractivity contribution in [3.8, 4) is 0 Å². The Kier molecular flexibility index (Phi) is 5.10. The molecular formula is C19H37NO. The molecule has 2 fully saturated rings. The van der Waals surface area contributed by atoms with Crippen molar-refractivity contribution in [1.29, 1.82) is 0 Å². The molecule has 2 heteroatoms. The van der Waals surface area contributed by atoms with Crippen LogP contribution in [0.3, 0.4) is 0 Å². The third kappa shape index (κ3) is 4.96. The first kappa shape index (κ1) is 17.3. The maximum atomic E-state index is 10.8. The molecule has 0 heterocycles. The molecule has 0 aromatic heterocycles. The van der Waals surface area contributed by atoms with Gasteiger partial charge < -0.3 is 10.4 Å². The molecule has 2 nitrogen and oxygen atoms in total. The van der Waals surface area contributed by atoms with Gasteiger partial charge in [0.25, 0.3) is 0 Å². The minimum Gasteiger partial charge on any atom is -0.389 e. The van der Waals surface area contributed by atoms with Gasteiger partial charge in [0, 0.05) is 12.6 Å². The summed E-state index contributed by atoms with van der Waals surface area (Å²) in [7, 11) is 0. The Bertz CT molecular complexity index is 323. The minimum atomic E-state index is -0.447. The van der Waals surface area contributed by atoms with E-state index in [1.54, 1.807) is 0 Å². The largest absolute Gasteiger partial charge is 0.389 e. The predicted molar refractivity (Wildman–Crippen MR) is 90.4 cm³/mol. The topological polar surface area (TPSA) is 32.3 Å².